The number of carbonyl (C=O) groups excluding carboxylic acids is 1. The van der Waals surface area contributed by atoms with Crippen LogP contribution in [0.15, 0.2) is 48.0 Å². The lowest BCUT2D eigenvalue weighted by atomic mass is 10.3. The van der Waals surface area contributed by atoms with Crippen molar-refractivity contribution >= 4 is 65.5 Å². The van der Waals surface area contributed by atoms with Gasteiger partial charge in [-0.2, -0.15) is 0 Å². The SMILES string of the molecule is Cl.Cl.Cl.O=C(NCc1ncccc1F)c1csc(CCNCc2nc3ccccc3[nH]2)n1. The minimum atomic E-state index is -0.442. The molecule has 1 amide bonds. The Hall–Kier alpha value is -2.30. The zero-order valence-corrected chi connectivity index (χ0v) is 20.0. The first-order chi connectivity index (χ1) is 14.2. The molecular formula is C20H22Cl3FN6OS. The van der Waals surface area contributed by atoms with Gasteiger partial charge < -0.3 is 15.6 Å². The van der Waals surface area contributed by atoms with Gasteiger partial charge in [0.1, 0.15) is 17.3 Å². The minimum Gasteiger partial charge on any atom is -0.345 e. The Kier molecular flexibility index (Phi) is 11.5. The summed E-state index contributed by atoms with van der Waals surface area (Å²) < 4.78 is 13.6. The molecule has 3 aromatic heterocycles. The average Bonchev–Trinajstić information content (AvgIpc) is 3.37. The van der Waals surface area contributed by atoms with Crippen molar-refractivity contribution in [2.24, 2.45) is 0 Å². The monoisotopic (exact) mass is 518 g/mol. The Balaban J connectivity index is 0.00000171. The number of halogens is 4. The summed E-state index contributed by atoms with van der Waals surface area (Å²) in [5, 5.41) is 8.54. The van der Waals surface area contributed by atoms with Crippen LogP contribution in [0.5, 0.6) is 0 Å². The molecule has 1 aromatic carbocycles. The standard InChI is InChI=1S/C20H19FN6OS.3ClH/c21-13-4-3-8-23-16(13)10-24-20(28)17-12-29-19(27-17)7-9-22-11-18-25-14-5-1-2-6-15(14)26-18;;;/h1-6,8,12,22H,7,9-11H2,(H,24,28)(H,25,26);3*1H. The summed E-state index contributed by atoms with van der Waals surface area (Å²) in [5.41, 5.74) is 2.50. The first-order valence-corrected chi connectivity index (χ1v) is 10.0. The van der Waals surface area contributed by atoms with Crippen molar-refractivity contribution in [3.8, 4) is 0 Å². The van der Waals surface area contributed by atoms with Crippen LogP contribution in [0, 0.1) is 5.82 Å². The first kappa shape index (κ1) is 27.7. The first-order valence-electron chi connectivity index (χ1n) is 9.15. The molecule has 0 saturated heterocycles. The normalized spacial score (nSPS) is 10.0. The number of rotatable bonds is 8. The third-order valence-corrected chi connectivity index (χ3v) is 5.19. The van der Waals surface area contributed by atoms with Crippen LogP contribution in [0.25, 0.3) is 11.0 Å². The Morgan fingerprint density at radius 2 is 1.88 bits per heavy atom. The lowest BCUT2D eigenvalue weighted by Gasteiger charge is -2.03. The molecule has 4 rings (SSSR count). The van der Waals surface area contributed by atoms with E-state index in [1.165, 1.54) is 29.7 Å². The third kappa shape index (κ3) is 7.11. The van der Waals surface area contributed by atoms with Gasteiger partial charge >= 0.3 is 0 Å². The Morgan fingerprint density at radius 1 is 1.06 bits per heavy atom. The number of benzene rings is 1. The molecule has 0 atom stereocenters. The Labute approximate surface area is 206 Å². The van der Waals surface area contributed by atoms with Gasteiger partial charge in [0.15, 0.2) is 0 Å². The van der Waals surface area contributed by atoms with Crippen molar-refractivity contribution in [2.75, 3.05) is 6.54 Å². The van der Waals surface area contributed by atoms with E-state index in [0.717, 1.165) is 21.9 Å². The second-order valence-corrected chi connectivity index (χ2v) is 7.31. The summed E-state index contributed by atoms with van der Waals surface area (Å²) in [6.45, 7) is 1.37. The molecule has 7 nitrogen and oxygen atoms in total. The number of imidazole rings is 1. The van der Waals surface area contributed by atoms with Gasteiger partial charge in [-0.15, -0.1) is 48.6 Å². The highest BCUT2D eigenvalue weighted by molar-refractivity contribution is 7.09. The molecule has 32 heavy (non-hydrogen) atoms. The number of nitrogens with one attached hydrogen (secondary N) is 3. The van der Waals surface area contributed by atoms with Gasteiger partial charge in [-0.25, -0.2) is 14.4 Å². The number of para-hydroxylation sites is 2. The lowest BCUT2D eigenvalue weighted by Crippen LogP contribution is -2.24. The Morgan fingerprint density at radius 3 is 2.66 bits per heavy atom. The van der Waals surface area contributed by atoms with Gasteiger partial charge in [0.2, 0.25) is 0 Å². The molecule has 0 bridgehead atoms. The molecule has 3 heterocycles. The number of fused-ring (bicyclic) bond motifs is 1. The van der Waals surface area contributed by atoms with Crippen molar-refractivity contribution < 1.29 is 9.18 Å². The zero-order valence-electron chi connectivity index (χ0n) is 16.7. The second-order valence-electron chi connectivity index (χ2n) is 6.37. The van der Waals surface area contributed by atoms with Gasteiger partial charge in [0, 0.05) is 24.5 Å². The van der Waals surface area contributed by atoms with Gasteiger partial charge in [0.25, 0.3) is 5.91 Å². The molecule has 0 saturated carbocycles. The fourth-order valence-corrected chi connectivity index (χ4v) is 3.60. The fourth-order valence-electron chi connectivity index (χ4n) is 2.82. The number of aromatic amines is 1. The highest BCUT2D eigenvalue weighted by Crippen LogP contribution is 2.12. The number of H-pyrrole nitrogens is 1. The van der Waals surface area contributed by atoms with Crippen LogP contribution >= 0.6 is 48.6 Å². The number of aromatic nitrogens is 4. The summed E-state index contributed by atoms with van der Waals surface area (Å²) in [6.07, 6.45) is 2.19. The molecule has 12 heteroatoms. The van der Waals surface area contributed by atoms with Crippen LogP contribution in [0.3, 0.4) is 0 Å². The van der Waals surface area contributed by atoms with Crippen molar-refractivity contribution in [3.05, 3.63) is 76.0 Å². The molecule has 172 valence electrons. The molecule has 0 unspecified atom stereocenters. The number of hydrogen-bond acceptors (Lipinski definition) is 6. The van der Waals surface area contributed by atoms with Crippen molar-refractivity contribution in [2.45, 2.75) is 19.5 Å². The van der Waals surface area contributed by atoms with Crippen LogP contribution in [0.1, 0.15) is 27.0 Å². The number of nitrogens with zero attached hydrogens (tertiary/aromatic N) is 3. The highest BCUT2D eigenvalue weighted by atomic mass is 35.5. The highest BCUT2D eigenvalue weighted by Gasteiger charge is 2.12. The fraction of sp³-hybridized carbons (Fsp3) is 0.200. The van der Waals surface area contributed by atoms with E-state index in [1.54, 1.807) is 5.38 Å². The summed E-state index contributed by atoms with van der Waals surface area (Å²) in [5.74, 6) is 0.0993. The summed E-state index contributed by atoms with van der Waals surface area (Å²) in [4.78, 5) is 28.3. The molecule has 0 radical (unpaired) electrons. The maximum Gasteiger partial charge on any atom is 0.271 e. The maximum absolute atomic E-state index is 13.6. The van der Waals surface area contributed by atoms with Gasteiger partial charge in [0.05, 0.1) is 34.8 Å². The largest absolute Gasteiger partial charge is 0.345 e. The molecule has 0 spiro atoms. The van der Waals surface area contributed by atoms with E-state index in [-0.39, 0.29) is 55.4 Å². The summed E-state index contributed by atoms with van der Waals surface area (Å²) in [7, 11) is 0. The molecule has 3 N–H and O–H groups in total. The van der Waals surface area contributed by atoms with E-state index in [1.807, 2.05) is 24.3 Å². The van der Waals surface area contributed by atoms with E-state index in [2.05, 4.69) is 30.6 Å². The van der Waals surface area contributed by atoms with Crippen molar-refractivity contribution in [3.63, 3.8) is 0 Å². The minimum absolute atomic E-state index is 0. The topological polar surface area (TPSA) is 95.6 Å². The molecule has 0 aliphatic rings. The molecule has 0 aliphatic carbocycles. The Bertz CT molecular complexity index is 1110. The van der Waals surface area contributed by atoms with Crippen LogP contribution in [-0.4, -0.2) is 32.4 Å². The van der Waals surface area contributed by atoms with E-state index in [4.69, 9.17) is 0 Å². The predicted molar refractivity (Wildman–Crippen MR) is 131 cm³/mol. The van der Waals surface area contributed by atoms with Gasteiger partial charge in [-0.3, -0.25) is 9.78 Å². The molecule has 0 aliphatic heterocycles. The van der Waals surface area contributed by atoms with Gasteiger partial charge in [-0.05, 0) is 24.3 Å². The number of thiazole rings is 1. The smallest absolute Gasteiger partial charge is 0.271 e. The van der Waals surface area contributed by atoms with E-state index < -0.39 is 5.82 Å². The van der Waals surface area contributed by atoms with E-state index in [9.17, 15) is 9.18 Å². The van der Waals surface area contributed by atoms with Gasteiger partial charge in [-0.1, -0.05) is 12.1 Å². The van der Waals surface area contributed by atoms with Crippen LogP contribution in [0.4, 0.5) is 4.39 Å². The van der Waals surface area contributed by atoms with Crippen molar-refractivity contribution in [1.29, 1.82) is 0 Å². The van der Waals surface area contributed by atoms with Crippen LogP contribution in [-0.2, 0) is 19.5 Å². The second kappa shape index (κ2) is 13.3. The average molecular weight is 520 g/mol. The summed E-state index contributed by atoms with van der Waals surface area (Å²) >= 11 is 1.43. The van der Waals surface area contributed by atoms with Crippen LogP contribution < -0.4 is 10.6 Å². The maximum atomic E-state index is 13.6. The quantitative estimate of drug-likeness (QED) is 0.305. The van der Waals surface area contributed by atoms with Crippen molar-refractivity contribution in [1.82, 2.24) is 30.6 Å². The number of carbonyl (C=O) groups is 1. The lowest BCUT2D eigenvalue weighted by molar-refractivity contribution is 0.0945. The molecule has 4 aromatic rings. The predicted octanol–water partition coefficient (Wildman–Crippen LogP) is 4.08. The zero-order chi connectivity index (χ0) is 20.1. The molecular weight excluding hydrogens is 498 g/mol. The van der Waals surface area contributed by atoms with E-state index >= 15 is 0 Å². The van der Waals surface area contributed by atoms with E-state index in [0.29, 0.717) is 25.2 Å². The van der Waals surface area contributed by atoms with Crippen LogP contribution in [0.2, 0.25) is 0 Å². The summed E-state index contributed by atoms with van der Waals surface area (Å²) in [6, 6.07) is 10.7. The molecule has 0 fully saturated rings. The number of pyridine rings is 1. The number of amides is 1. The number of hydrogen-bond donors (Lipinski definition) is 3. The third-order valence-electron chi connectivity index (χ3n) is 4.28.